The van der Waals surface area contributed by atoms with Gasteiger partial charge in [0.15, 0.2) is 0 Å². The Bertz CT molecular complexity index is 487. The number of halogens is 3. The van der Waals surface area contributed by atoms with Gasteiger partial charge in [0.1, 0.15) is 5.69 Å². The third-order valence-electron chi connectivity index (χ3n) is 2.11. The summed E-state index contributed by atoms with van der Waals surface area (Å²) in [6.07, 6.45) is -1.62. The van der Waals surface area contributed by atoms with Gasteiger partial charge >= 0.3 is 6.18 Å². The van der Waals surface area contributed by atoms with Crippen LogP contribution >= 0.6 is 0 Å². The number of amides is 2. The Balaban J connectivity index is 2.31. The minimum Gasteiger partial charge on any atom is -0.269 e. The van der Waals surface area contributed by atoms with Crippen LogP contribution in [0.1, 0.15) is 5.69 Å². The molecule has 1 aromatic heterocycles. The molecule has 0 unspecified atom stereocenters. The number of anilines is 1. The van der Waals surface area contributed by atoms with Gasteiger partial charge < -0.3 is 0 Å². The number of pyridine rings is 1. The van der Waals surface area contributed by atoms with E-state index in [0.717, 1.165) is 29.3 Å². The van der Waals surface area contributed by atoms with Crippen LogP contribution in [-0.4, -0.2) is 16.8 Å². The second kappa shape index (κ2) is 3.69. The van der Waals surface area contributed by atoms with Gasteiger partial charge in [-0.3, -0.25) is 9.59 Å². The fourth-order valence-electron chi connectivity index (χ4n) is 1.34. The van der Waals surface area contributed by atoms with E-state index in [1.54, 1.807) is 0 Å². The van der Waals surface area contributed by atoms with Gasteiger partial charge in [0.25, 0.3) is 11.8 Å². The van der Waals surface area contributed by atoms with Gasteiger partial charge in [-0.25, -0.2) is 9.88 Å². The normalized spacial score (nSPS) is 15.8. The van der Waals surface area contributed by atoms with Gasteiger partial charge in [0.2, 0.25) is 0 Å². The lowest BCUT2D eigenvalue weighted by Gasteiger charge is -2.14. The first-order chi connectivity index (χ1) is 7.89. The maximum atomic E-state index is 12.2. The van der Waals surface area contributed by atoms with Crippen LogP contribution in [0.3, 0.4) is 0 Å². The van der Waals surface area contributed by atoms with Crippen LogP contribution in [0, 0.1) is 0 Å². The van der Waals surface area contributed by atoms with Crippen LogP contribution < -0.4 is 4.90 Å². The molecule has 0 aromatic carbocycles. The zero-order chi connectivity index (χ0) is 12.6. The number of hydrogen-bond donors (Lipinski definition) is 0. The lowest BCUT2D eigenvalue weighted by Crippen LogP contribution is -2.29. The Morgan fingerprint density at radius 3 is 2.06 bits per heavy atom. The number of nitrogens with zero attached hydrogens (tertiary/aromatic N) is 2. The topological polar surface area (TPSA) is 50.3 Å². The first-order valence-corrected chi connectivity index (χ1v) is 4.49. The van der Waals surface area contributed by atoms with E-state index < -0.39 is 23.7 Å². The fourth-order valence-corrected chi connectivity index (χ4v) is 1.34. The third-order valence-corrected chi connectivity index (χ3v) is 2.11. The van der Waals surface area contributed by atoms with Crippen molar-refractivity contribution in [3.63, 3.8) is 0 Å². The van der Waals surface area contributed by atoms with Gasteiger partial charge in [-0.1, -0.05) is 0 Å². The molecule has 0 aliphatic carbocycles. The number of carbonyl (C=O) groups is 2. The monoisotopic (exact) mass is 242 g/mol. The second-order valence-electron chi connectivity index (χ2n) is 3.24. The summed E-state index contributed by atoms with van der Waals surface area (Å²) >= 11 is 0. The van der Waals surface area contributed by atoms with Crippen molar-refractivity contribution >= 4 is 17.5 Å². The molecule has 0 N–H and O–H groups in total. The Labute approximate surface area is 93.4 Å². The maximum Gasteiger partial charge on any atom is 0.433 e. The third kappa shape index (κ3) is 2.03. The maximum absolute atomic E-state index is 12.2. The summed E-state index contributed by atoms with van der Waals surface area (Å²) in [6.45, 7) is 0. The van der Waals surface area contributed by atoms with E-state index in [4.69, 9.17) is 0 Å². The minimum atomic E-state index is -4.55. The molecule has 7 heteroatoms. The van der Waals surface area contributed by atoms with Crippen LogP contribution in [0.15, 0.2) is 30.5 Å². The van der Waals surface area contributed by atoms with Crippen LogP contribution in [0.25, 0.3) is 0 Å². The molecule has 2 amide bonds. The molecule has 0 radical (unpaired) electrons. The van der Waals surface area contributed by atoms with E-state index in [0.29, 0.717) is 6.07 Å². The van der Waals surface area contributed by atoms with Crippen LogP contribution in [0.4, 0.5) is 18.9 Å². The van der Waals surface area contributed by atoms with Crippen LogP contribution in [0.2, 0.25) is 0 Å². The molecule has 1 aromatic rings. The van der Waals surface area contributed by atoms with Crippen LogP contribution in [-0.2, 0) is 15.8 Å². The molecule has 1 aliphatic heterocycles. The predicted octanol–water partition coefficient (Wildman–Crippen LogP) is 1.53. The minimum absolute atomic E-state index is 0.0120. The highest BCUT2D eigenvalue weighted by molar-refractivity contribution is 6.28. The molecule has 0 saturated heterocycles. The first kappa shape index (κ1) is 11.3. The fraction of sp³-hybridized carbons (Fsp3) is 0.100. The van der Waals surface area contributed by atoms with Crippen molar-refractivity contribution < 1.29 is 22.8 Å². The Kier molecular flexibility index (Phi) is 2.45. The summed E-state index contributed by atoms with van der Waals surface area (Å²) in [5.74, 6) is -1.20. The molecule has 2 heterocycles. The number of hydrogen-bond acceptors (Lipinski definition) is 3. The molecule has 0 bridgehead atoms. The average molecular weight is 242 g/mol. The molecule has 0 saturated carbocycles. The molecule has 1 aliphatic rings. The quantitative estimate of drug-likeness (QED) is 0.702. The molecule has 0 spiro atoms. The number of rotatable bonds is 1. The van der Waals surface area contributed by atoms with Crippen LogP contribution in [0.5, 0.6) is 0 Å². The van der Waals surface area contributed by atoms with E-state index >= 15 is 0 Å². The summed E-state index contributed by atoms with van der Waals surface area (Å²) in [5.41, 5.74) is -1.06. The summed E-state index contributed by atoms with van der Waals surface area (Å²) in [7, 11) is 0. The van der Waals surface area contributed by atoms with Crippen molar-refractivity contribution in [2.75, 3.05) is 4.90 Å². The van der Waals surface area contributed by atoms with Crippen molar-refractivity contribution in [2.24, 2.45) is 0 Å². The molecule has 88 valence electrons. The average Bonchev–Trinajstić information content (AvgIpc) is 2.58. The van der Waals surface area contributed by atoms with Gasteiger partial charge in [-0.05, 0) is 12.1 Å². The van der Waals surface area contributed by atoms with Gasteiger partial charge in [-0.15, -0.1) is 0 Å². The first-order valence-electron chi connectivity index (χ1n) is 4.49. The standard InChI is InChI=1S/C10H5F3N2O2/c11-10(12,13)7-2-1-6(5-14-7)15-8(16)3-4-9(15)17/h1-5H. The molecule has 0 atom stereocenters. The van der Waals surface area contributed by atoms with E-state index in [1.165, 1.54) is 0 Å². The number of imide groups is 1. The van der Waals surface area contributed by atoms with Crippen molar-refractivity contribution in [2.45, 2.75) is 6.18 Å². The Morgan fingerprint density at radius 2 is 1.65 bits per heavy atom. The van der Waals surface area contributed by atoms with E-state index in [-0.39, 0.29) is 5.69 Å². The van der Waals surface area contributed by atoms with Gasteiger partial charge in [0.05, 0.1) is 11.9 Å². The highest BCUT2D eigenvalue weighted by Gasteiger charge is 2.33. The number of carbonyl (C=O) groups excluding carboxylic acids is 2. The second-order valence-corrected chi connectivity index (χ2v) is 3.24. The van der Waals surface area contributed by atoms with E-state index in [9.17, 15) is 22.8 Å². The zero-order valence-corrected chi connectivity index (χ0v) is 8.23. The number of alkyl halides is 3. The zero-order valence-electron chi connectivity index (χ0n) is 8.23. The summed E-state index contributed by atoms with van der Waals surface area (Å²) in [4.78, 5) is 26.4. The smallest absolute Gasteiger partial charge is 0.269 e. The Hall–Kier alpha value is -2.18. The molecule has 0 fully saturated rings. The summed E-state index contributed by atoms with van der Waals surface area (Å²) in [5, 5.41) is 0. The molecular formula is C10H5F3N2O2. The highest BCUT2D eigenvalue weighted by Crippen LogP contribution is 2.28. The molecule has 17 heavy (non-hydrogen) atoms. The van der Waals surface area contributed by atoms with Gasteiger partial charge in [0, 0.05) is 12.2 Å². The summed E-state index contributed by atoms with van der Waals surface area (Å²) in [6, 6.07) is 1.74. The van der Waals surface area contributed by atoms with Crippen molar-refractivity contribution in [3.05, 3.63) is 36.2 Å². The SMILES string of the molecule is O=C1C=CC(=O)N1c1ccc(C(F)(F)F)nc1. The molecule has 4 nitrogen and oxygen atoms in total. The number of aromatic nitrogens is 1. The summed E-state index contributed by atoms with van der Waals surface area (Å²) < 4.78 is 36.7. The Morgan fingerprint density at radius 1 is 1.06 bits per heavy atom. The van der Waals surface area contributed by atoms with Gasteiger partial charge in [-0.2, -0.15) is 13.2 Å². The highest BCUT2D eigenvalue weighted by atomic mass is 19.4. The lowest BCUT2D eigenvalue weighted by atomic mass is 10.3. The van der Waals surface area contributed by atoms with Crippen molar-refractivity contribution in [1.82, 2.24) is 4.98 Å². The van der Waals surface area contributed by atoms with Crippen molar-refractivity contribution in [1.29, 1.82) is 0 Å². The van der Waals surface area contributed by atoms with Crippen molar-refractivity contribution in [3.8, 4) is 0 Å². The molecular weight excluding hydrogens is 237 g/mol. The lowest BCUT2D eigenvalue weighted by molar-refractivity contribution is -0.141. The molecule has 2 rings (SSSR count). The largest absolute Gasteiger partial charge is 0.433 e. The van der Waals surface area contributed by atoms with E-state index in [1.807, 2.05) is 0 Å². The van der Waals surface area contributed by atoms with E-state index in [2.05, 4.69) is 4.98 Å². The predicted molar refractivity (Wildman–Crippen MR) is 50.9 cm³/mol.